The molecule has 21 heavy (non-hydrogen) atoms. The fourth-order valence-corrected chi connectivity index (χ4v) is 1.77. The summed E-state index contributed by atoms with van der Waals surface area (Å²) in [7, 11) is 0. The molecule has 2 atom stereocenters. The first kappa shape index (κ1) is 19.2. The molecule has 0 rings (SSSR count). The molecule has 0 aromatic rings. The summed E-state index contributed by atoms with van der Waals surface area (Å²) in [6, 6.07) is -2.54. The standard InChI is InChI=1S/C14H25NO6/c1-8(2)7-10(12(18)19)15(9(3)11(16)17)13(20)21-14(4,5)6/h8-10H,7H2,1-6H3,(H,16,17)(H,18,19)/t9?,10-/m0/s1. The van der Waals surface area contributed by atoms with Crippen LogP contribution in [-0.4, -0.2) is 50.8 Å². The Bertz CT molecular complexity index is 399. The first-order valence-corrected chi connectivity index (χ1v) is 6.83. The molecule has 1 unspecified atom stereocenters. The summed E-state index contributed by atoms with van der Waals surface area (Å²) in [6.07, 6.45) is -0.794. The van der Waals surface area contributed by atoms with Crippen molar-refractivity contribution < 1.29 is 29.3 Å². The Labute approximate surface area is 124 Å². The van der Waals surface area contributed by atoms with Gasteiger partial charge >= 0.3 is 18.0 Å². The van der Waals surface area contributed by atoms with E-state index in [4.69, 9.17) is 9.84 Å². The molecule has 0 aliphatic rings. The molecule has 0 aliphatic heterocycles. The van der Waals surface area contributed by atoms with Crippen LogP contribution >= 0.6 is 0 Å². The summed E-state index contributed by atoms with van der Waals surface area (Å²) >= 11 is 0. The van der Waals surface area contributed by atoms with Crippen LogP contribution in [0.3, 0.4) is 0 Å². The topological polar surface area (TPSA) is 104 Å². The minimum absolute atomic E-state index is 0.0166. The molecule has 0 aromatic heterocycles. The molecule has 7 nitrogen and oxygen atoms in total. The largest absolute Gasteiger partial charge is 0.480 e. The number of carbonyl (C=O) groups excluding carboxylic acids is 1. The number of carboxylic acid groups (broad SMARTS) is 2. The average Bonchev–Trinajstić information content (AvgIpc) is 2.24. The smallest absolute Gasteiger partial charge is 0.411 e. The van der Waals surface area contributed by atoms with Crippen LogP contribution in [0.25, 0.3) is 0 Å². The lowest BCUT2D eigenvalue weighted by Crippen LogP contribution is -2.54. The van der Waals surface area contributed by atoms with Gasteiger partial charge in [0.2, 0.25) is 0 Å². The SMILES string of the molecule is CC(C)C[C@@H](C(=O)O)N(C(=O)OC(C)(C)C)C(C)C(=O)O. The maximum absolute atomic E-state index is 12.2. The number of ether oxygens (including phenoxy) is 1. The third kappa shape index (κ3) is 6.46. The molecule has 0 radical (unpaired) electrons. The number of rotatable bonds is 6. The predicted molar refractivity (Wildman–Crippen MR) is 76.0 cm³/mol. The fourth-order valence-electron chi connectivity index (χ4n) is 1.77. The van der Waals surface area contributed by atoms with Crippen LogP contribution in [0.5, 0.6) is 0 Å². The van der Waals surface area contributed by atoms with Crippen molar-refractivity contribution >= 4 is 18.0 Å². The maximum Gasteiger partial charge on any atom is 0.411 e. The van der Waals surface area contributed by atoms with Gasteiger partial charge in [0.05, 0.1) is 0 Å². The van der Waals surface area contributed by atoms with Gasteiger partial charge in [0, 0.05) is 0 Å². The Morgan fingerprint density at radius 2 is 1.52 bits per heavy atom. The number of aliphatic carboxylic acids is 2. The zero-order chi connectivity index (χ0) is 17.0. The lowest BCUT2D eigenvalue weighted by atomic mass is 10.0. The van der Waals surface area contributed by atoms with Crippen LogP contribution in [-0.2, 0) is 14.3 Å². The zero-order valence-electron chi connectivity index (χ0n) is 13.4. The fraction of sp³-hybridized carbons (Fsp3) is 0.786. The summed E-state index contributed by atoms with van der Waals surface area (Å²) < 4.78 is 5.14. The van der Waals surface area contributed by atoms with E-state index in [1.165, 1.54) is 6.92 Å². The van der Waals surface area contributed by atoms with Crippen molar-refractivity contribution in [3.8, 4) is 0 Å². The highest BCUT2D eigenvalue weighted by Crippen LogP contribution is 2.19. The van der Waals surface area contributed by atoms with Crippen LogP contribution in [0.4, 0.5) is 4.79 Å². The highest BCUT2D eigenvalue weighted by atomic mass is 16.6. The van der Waals surface area contributed by atoms with Gasteiger partial charge in [-0.3, -0.25) is 4.90 Å². The van der Waals surface area contributed by atoms with Crippen LogP contribution < -0.4 is 0 Å². The molecule has 0 saturated heterocycles. The van der Waals surface area contributed by atoms with Crippen molar-refractivity contribution in [3.63, 3.8) is 0 Å². The summed E-state index contributed by atoms with van der Waals surface area (Å²) in [5, 5.41) is 18.5. The quantitative estimate of drug-likeness (QED) is 0.779. The van der Waals surface area contributed by atoms with E-state index in [2.05, 4.69) is 0 Å². The van der Waals surface area contributed by atoms with Crippen molar-refractivity contribution in [1.82, 2.24) is 4.90 Å². The highest BCUT2D eigenvalue weighted by molar-refractivity contribution is 5.85. The molecule has 0 bridgehead atoms. The molecular formula is C14H25NO6. The Balaban J connectivity index is 5.51. The number of hydrogen-bond acceptors (Lipinski definition) is 4. The normalized spacial score (nSPS) is 14.4. The van der Waals surface area contributed by atoms with E-state index in [-0.39, 0.29) is 12.3 Å². The van der Waals surface area contributed by atoms with E-state index >= 15 is 0 Å². The average molecular weight is 303 g/mol. The molecule has 0 aliphatic carbocycles. The molecule has 1 amide bonds. The Morgan fingerprint density at radius 1 is 1.05 bits per heavy atom. The summed E-state index contributed by atoms with van der Waals surface area (Å²) in [4.78, 5) is 35.6. The van der Waals surface area contributed by atoms with Gasteiger partial charge in [-0.25, -0.2) is 14.4 Å². The first-order chi connectivity index (χ1) is 9.36. The van der Waals surface area contributed by atoms with E-state index in [0.29, 0.717) is 0 Å². The first-order valence-electron chi connectivity index (χ1n) is 6.83. The summed E-state index contributed by atoms with van der Waals surface area (Å²) in [5.41, 5.74) is -0.839. The van der Waals surface area contributed by atoms with Crippen molar-refractivity contribution in [2.45, 2.75) is 65.6 Å². The van der Waals surface area contributed by atoms with Crippen molar-refractivity contribution in [1.29, 1.82) is 0 Å². The number of nitrogens with zero attached hydrogens (tertiary/aromatic N) is 1. The minimum Gasteiger partial charge on any atom is -0.480 e. The second-order valence-corrected chi connectivity index (χ2v) is 6.39. The van der Waals surface area contributed by atoms with Gasteiger partial charge in [0.25, 0.3) is 0 Å². The highest BCUT2D eigenvalue weighted by Gasteiger charge is 2.39. The van der Waals surface area contributed by atoms with E-state index in [1.54, 1.807) is 34.6 Å². The number of amides is 1. The van der Waals surface area contributed by atoms with Crippen molar-refractivity contribution in [2.75, 3.05) is 0 Å². The molecule has 2 N–H and O–H groups in total. The third-order valence-electron chi connectivity index (χ3n) is 2.69. The molecule has 0 aromatic carbocycles. The Morgan fingerprint density at radius 3 is 1.81 bits per heavy atom. The number of hydrogen-bond donors (Lipinski definition) is 2. The molecule has 0 heterocycles. The van der Waals surface area contributed by atoms with Gasteiger partial charge < -0.3 is 14.9 Å². The molecule has 122 valence electrons. The Kier molecular flexibility index (Phi) is 6.66. The molecular weight excluding hydrogens is 278 g/mol. The van der Waals surface area contributed by atoms with Gasteiger partial charge in [0.1, 0.15) is 17.7 Å². The van der Waals surface area contributed by atoms with Gasteiger partial charge in [-0.05, 0) is 40.0 Å². The van der Waals surface area contributed by atoms with Crippen LogP contribution in [0.15, 0.2) is 0 Å². The van der Waals surface area contributed by atoms with E-state index in [1.807, 2.05) is 0 Å². The van der Waals surface area contributed by atoms with Gasteiger partial charge in [0.15, 0.2) is 0 Å². The lowest BCUT2D eigenvalue weighted by Gasteiger charge is -2.34. The van der Waals surface area contributed by atoms with Gasteiger partial charge in [-0.2, -0.15) is 0 Å². The lowest BCUT2D eigenvalue weighted by molar-refractivity contribution is -0.150. The second kappa shape index (κ2) is 7.28. The monoisotopic (exact) mass is 303 g/mol. The molecule has 0 saturated carbocycles. The van der Waals surface area contributed by atoms with Crippen molar-refractivity contribution in [2.24, 2.45) is 5.92 Å². The van der Waals surface area contributed by atoms with E-state index < -0.39 is 35.7 Å². The predicted octanol–water partition coefficient (Wildman–Crippen LogP) is 2.20. The van der Waals surface area contributed by atoms with Crippen LogP contribution in [0.2, 0.25) is 0 Å². The molecule has 7 heteroatoms. The van der Waals surface area contributed by atoms with Gasteiger partial charge in [-0.1, -0.05) is 13.8 Å². The van der Waals surface area contributed by atoms with Crippen LogP contribution in [0.1, 0.15) is 48.0 Å². The van der Waals surface area contributed by atoms with E-state index in [0.717, 1.165) is 4.90 Å². The van der Waals surface area contributed by atoms with Crippen molar-refractivity contribution in [3.05, 3.63) is 0 Å². The second-order valence-electron chi connectivity index (χ2n) is 6.39. The number of carboxylic acids is 2. The summed E-state index contributed by atoms with van der Waals surface area (Å²) in [6.45, 7) is 9.76. The third-order valence-corrected chi connectivity index (χ3v) is 2.69. The zero-order valence-corrected chi connectivity index (χ0v) is 13.4. The number of carbonyl (C=O) groups is 3. The summed E-state index contributed by atoms with van der Waals surface area (Å²) in [5.74, 6) is -2.55. The molecule has 0 spiro atoms. The van der Waals surface area contributed by atoms with Crippen LogP contribution in [0, 0.1) is 5.92 Å². The van der Waals surface area contributed by atoms with E-state index in [9.17, 15) is 19.5 Å². The minimum atomic E-state index is -1.29. The maximum atomic E-state index is 12.2. The molecule has 0 fully saturated rings. The Hall–Kier alpha value is -1.79. The van der Waals surface area contributed by atoms with Gasteiger partial charge in [-0.15, -0.1) is 0 Å².